The first-order valence-electron chi connectivity index (χ1n) is 9.06. The van der Waals surface area contributed by atoms with Gasteiger partial charge in [-0.2, -0.15) is 0 Å². The molecule has 0 spiro atoms. The van der Waals surface area contributed by atoms with Gasteiger partial charge in [-0.05, 0) is 35.4 Å². The molecule has 9 heteroatoms. The van der Waals surface area contributed by atoms with E-state index in [1.807, 2.05) is 23.1 Å². The van der Waals surface area contributed by atoms with E-state index in [0.29, 0.717) is 61.1 Å². The Morgan fingerprint density at radius 2 is 1.83 bits per heavy atom. The molecule has 0 saturated carbocycles. The van der Waals surface area contributed by atoms with Gasteiger partial charge in [0, 0.05) is 43.3 Å². The van der Waals surface area contributed by atoms with Gasteiger partial charge in [-0.1, -0.05) is 35.3 Å². The van der Waals surface area contributed by atoms with Crippen LogP contribution in [0.5, 0.6) is 0 Å². The summed E-state index contributed by atoms with van der Waals surface area (Å²) in [6.07, 6.45) is 0. The number of ether oxygens (including phenoxy) is 1. The number of benzene rings is 2. The molecule has 1 heterocycles. The van der Waals surface area contributed by atoms with Gasteiger partial charge in [0.25, 0.3) is 0 Å². The third-order valence-corrected chi connectivity index (χ3v) is 5.10. The number of aliphatic imine (C=N–C) groups is 1. The van der Waals surface area contributed by atoms with E-state index in [2.05, 4.69) is 15.6 Å². The molecule has 5 nitrogen and oxygen atoms in total. The first-order valence-corrected chi connectivity index (χ1v) is 9.82. The molecular weight excluding hydrogens is 529 g/mol. The minimum absolute atomic E-state index is 0. The average Bonchev–Trinajstić information content (AvgIpc) is 2.70. The van der Waals surface area contributed by atoms with Crippen molar-refractivity contribution in [1.29, 1.82) is 0 Å². The Morgan fingerprint density at radius 1 is 1.10 bits per heavy atom. The maximum absolute atomic E-state index is 14.5. The first-order chi connectivity index (χ1) is 13.6. The maximum Gasteiger partial charge on any atom is 0.191 e. The molecule has 3 rings (SSSR count). The Hall–Kier alpha value is -1.29. The Balaban J connectivity index is 0.00000300. The molecule has 2 N–H and O–H groups in total. The second-order valence-corrected chi connectivity index (χ2v) is 7.24. The van der Waals surface area contributed by atoms with Crippen molar-refractivity contribution in [3.05, 3.63) is 63.4 Å². The van der Waals surface area contributed by atoms with E-state index in [9.17, 15) is 4.39 Å². The summed E-state index contributed by atoms with van der Waals surface area (Å²) in [5, 5.41) is 7.56. The van der Waals surface area contributed by atoms with Crippen molar-refractivity contribution in [2.75, 3.05) is 38.3 Å². The van der Waals surface area contributed by atoms with Crippen LogP contribution in [0, 0.1) is 5.82 Å². The zero-order valence-corrected chi connectivity index (χ0v) is 19.9. The average molecular weight is 553 g/mol. The molecule has 0 bridgehead atoms. The molecule has 0 atom stereocenters. The summed E-state index contributed by atoms with van der Waals surface area (Å²) in [6, 6.07) is 10.7. The van der Waals surface area contributed by atoms with Crippen LogP contribution in [0.2, 0.25) is 10.0 Å². The lowest BCUT2D eigenvalue weighted by Gasteiger charge is -2.29. The monoisotopic (exact) mass is 552 g/mol. The fourth-order valence-electron chi connectivity index (χ4n) is 2.97. The van der Waals surface area contributed by atoms with Crippen LogP contribution in [-0.2, 0) is 17.8 Å². The molecule has 1 fully saturated rings. The molecule has 0 amide bonds. The van der Waals surface area contributed by atoms with E-state index < -0.39 is 0 Å². The van der Waals surface area contributed by atoms with Crippen molar-refractivity contribution in [3.63, 3.8) is 0 Å². The summed E-state index contributed by atoms with van der Waals surface area (Å²) in [7, 11) is 1.68. The minimum Gasteiger partial charge on any atom is -0.378 e. The van der Waals surface area contributed by atoms with Crippen LogP contribution >= 0.6 is 47.2 Å². The summed E-state index contributed by atoms with van der Waals surface area (Å²) < 4.78 is 19.8. The summed E-state index contributed by atoms with van der Waals surface area (Å²) in [5.74, 6) is 0.376. The predicted octanol–water partition coefficient (Wildman–Crippen LogP) is 4.45. The van der Waals surface area contributed by atoms with Gasteiger partial charge < -0.3 is 20.3 Å². The molecule has 2 aromatic carbocycles. The zero-order valence-electron chi connectivity index (χ0n) is 16.1. The predicted molar refractivity (Wildman–Crippen MR) is 128 cm³/mol. The largest absolute Gasteiger partial charge is 0.378 e. The number of nitrogens with zero attached hydrogens (tertiary/aromatic N) is 2. The number of nitrogens with one attached hydrogen (secondary N) is 2. The van der Waals surface area contributed by atoms with Crippen LogP contribution in [0.3, 0.4) is 0 Å². The summed E-state index contributed by atoms with van der Waals surface area (Å²) >= 11 is 12.1. The lowest BCUT2D eigenvalue weighted by molar-refractivity contribution is 0.122. The van der Waals surface area contributed by atoms with E-state index in [1.54, 1.807) is 25.2 Å². The van der Waals surface area contributed by atoms with Gasteiger partial charge in [-0.3, -0.25) is 4.99 Å². The van der Waals surface area contributed by atoms with Crippen LogP contribution < -0.4 is 15.5 Å². The summed E-state index contributed by atoms with van der Waals surface area (Å²) in [4.78, 5) is 6.19. The molecule has 0 aromatic heterocycles. The van der Waals surface area contributed by atoms with Crippen molar-refractivity contribution in [2.24, 2.45) is 4.99 Å². The first kappa shape index (κ1) is 24.0. The highest BCUT2D eigenvalue weighted by molar-refractivity contribution is 14.0. The van der Waals surface area contributed by atoms with Crippen molar-refractivity contribution >= 4 is 58.8 Å². The highest BCUT2D eigenvalue weighted by Crippen LogP contribution is 2.22. The van der Waals surface area contributed by atoms with Crippen LogP contribution in [0.25, 0.3) is 0 Å². The van der Waals surface area contributed by atoms with Crippen LogP contribution in [0.4, 0.5) is 10.1 Å². The van der Waals surface area contributed by atoms with Gasteiger partial charge in [0.2, 0.25) is 0 Å². The quantitative estimate of drug-likeness (QED) is 0.327. The number of morpholine rings is 1. The number of guanidine groups is 1. The van der Waals surface area contributed by atoms with E-state index in [0.717, 1.165) is 11.1 Å². The van der Waals surface area contributed by atoms with Crippen molar-refractivity contribution in [1.82, 2.24) is 10.6 Å². The Morgan fingerprint density at radius 3 is 2.48 bits per heavy atom. The summed E-state index contributed by atoms with van der Waals surface area (Å²) in [5.41, 5.74) is 2.36. The second-order valence-electron chi connectivity index (χ2n) is 6.40. The highest BCUT2D eigenvalue weighted by atomic mass is 127. The molecule has 0 aliphatic carbocycles. The molecule has 29 heavy (non-hydrogen) atoms. The molecule has 158 valence electrons. The van der Waals surface area contributed by atoms with Crippen molar-refractivity contribution < 1.29 is 9.13 Å². The fraction of sp³-hybridized carbons (Fsp3) is 0.350. The topological polar surface area (TPSA) is 48.9 Å². The Labute approximate surface area is 197 Å². The van der Waals surface area contributed by atoms with E-state index >= 15 is 0 Å². The molecule has 1 aliphatic heterocycles. The zero-order chi connectivity index (χ0) is 19.9. The van der Waals surface area contributed by atoms with Gasteiger partial charge in [-0.25, -0.2) is 4.39 Å². The van der Waals surface area contributed by atoms with Crippen molar-refractivity contribution in [2.45, 2.75) is 13.1 Å². The number of hydrogen-bond acceptors (Lipinski definition) is 3. The molecule has 1 saturated heterocycles. The minimum atomic E-state index is -0.225. The molecular formula is C20H24Cl2FIN4O. The van der Waals surface area contributed by atoms with E-state index in [-0.39, 0.29) is 29.8 Å². The van der Waals surface area contributed by atoms with Gasteiger partial charge >= 0.3 is 0 Å². The van der Waals surface area contributed by atoms with Gasteiger partial charge in [0.15, 0.2) is 5.96 Å². The third kappa shape index (κ3) is 6.87. The molecule has 1 aliphatic rings. The van der Waals surface area contributed by atoms with Crippen LogP contribution in [-0.4, -0.2) is 39.3 Å². The smallest absolute Gasteiger partial charge is 0.191 e. The standard InChI is InChI=1S/C20H23Cl2FN4O.HI/c1-24-20(26-13-15-3-4-16(21)11-17(15)22)25-12-14-2-5-19(18(23)10-14)27-6-8-28-9-7-27;/h2-5,10-11H,6-9,12-13H2,1H3,(H2,24,25,26);1H. The number of hydrogen-bond donors (Lipinski definition) is 2. The lowest BCUT2D eigenvalue weighted by Crippen LogP contribution is -2.37. The Bertz CT molecular complexity index is 847. The van der Waals surface area contributed by atoms with Gasteiger partial charge in [0.05, 0.1) is 18.9 Å². The molecule has 0 unspecified atom stereocenters. The number of anilines is 1. The fourth-order valence-corrected chi connectivity index (χ4v) is 3.45. The third-order valence-electron chi connectivity index (χ3n) is 4.51. The van der Waals surface area contributed by atoms with E-state index in [4.69, 9.17) is 27.9 Å². The lowest BCUT2D eigenvalue weighted by atomic mass is 10.1. The SMILES string of the molecule is CN=C(NCc1ccc(N2CCOCC2)c(F)c1)NCc1ccc(Cl)cc1Cl.I. The molecule has 2 aromatic rings. The second kappa shape index (κ2) is 11.8. The molecule has 0 radical (unpaired) electrons. The number of rotatable bonds is 5. The van der Waals surface area contributed by atoms with Crippen LogP contribution in [0.1, 0.15) is 11.1 Å². The van der Waals surface area contributed by atoms with Gasteiger partial charge in [-0.15, -0.1) is 24.0 Å². The maximum atomic E-state index is 14.5. The number of halogens is 4. The van der Waals surface area contributed by atoms with Crippen molar-refractivity contribution in [3.8, 4) is 0 Å². The highest BCUT2D eigenvalue weighted by Gasteiger charge is 2.15. The van der Waals surface area contributed by atoms with Gasteiger partial charge in [0.1, 0.15) is 5.82 Å². The normalized spacial score (nSPS) is 14.3. The van der Waals surface area contributed by atoms with Crippen LogP contribution in [0.15, 0.2) is 41.4 Å². The van der Waals surface area contributed by atoms with E-state index in [1.165, 1.54) is 0 Å². The Kier molecular flexibility index (Phi) is 9.74. The summed E-state index contributed by atoms with van der Waals surface area (Å²) in [6.45, 7) is 3.62.